The van der Waals surface area contributed by atoms with Gasteiger partial charge in [0.25, 0.3) is 0 Å². The first-order chi connectivity index (χ1) is 10.3. The van der Waals surface area contributed by atoms with Crippen molar-refractivity contribution in [1.29, 1.82) is 0 Å². The molecule has 1 aliphatic carbocycles. The van der Waals surface area contributed by atoms with Crippen molar-refractivity contribution in [3.05, 3.63) is 42.2 Å². The molecule has 2 bridgehead atoms. The Bertz CT molecular complexity index is 639. The Morgan fingerprint density at radius 1 is 1.24 bits per heavy atom. The molecule has 1 aliphatic heterocycles. The first-order valence-corrected chi connectivity index (χ1v) is 7.69. The van der Waals surface area contributed by atoms with Crippen LogP contribution >= 0.6 is 0 Å². The molecule has 0 spiro atoms. The van der Waals surface area contributed by atoms with Gasteiger partial charge in [0.15, 0.2) is 0 Å². The summed E-state index contributed by atoms with van der Waals surface area (Å²) < 4.78 is 15.5. The highest BCUT2D eigenvalue weighted by molar-refractivity contribution is 5.32. The average molecular weight is 286 g/mol. The highest BCUT2D eigenvalue weighted by Crippen LogP contribution is 2.37. The number of likely N-dealkylation sites (tertiary alicyclic amines) is 1. The molecule has 4 nitrogen and oxygen atoms in total. The molecule has 21 heavy (non-hydrogen) atoms. The van der Waals surface area contributed by atoms with Crippen LogP contribution in [-0.2, 0) is 6.42 Å². The summed E-state index contributed by atoms with van der Waals surface area (Å²) in [5, 5.41) is 4.19. The maximum Gasteiger partial charge on any atom is 0.148 e. The van der Waals surface area contributed by atoms with Crippen molar-refractivity contribution < 1.29 is 4.39 Å². The minimum atomic E-state index is -0.260. The summed E-state index contributed by atoms with van der Waals surface area (Å²) in [5.41, 5.74) is 0.480. The van der Waals surface area contributed by atoms with Gasteiger partial charge in [0, 0.05) is 25.6 Å². The second-order valence-electron chi connectivity index (χ2n) is 6.12. The van der Waals surface area contributed by atoms with E-state index in [0.29, 0.717) is 5.69 Å². The zero-order valence-corrected chi connectivity index (χ0v) is 12.0. The molecule has 2 heterocycles. The number of fused-ring (bicyclic) bond motifs is 2. The van der Waals surface area contributed by atoms with Gasteiger partial charge in [0.05, 0.1) is 0 Å². The van der Waals surface area contributed by atoms with E-state index >= 15 is 0 Å². The summed E-state index contributed by atoms with van der Waals surface area (Å²) >= 11 is 0. The van der Waals surface area contributed by atoms with Crippen molar-refractivity contribution in [1.82, 2.24) is 19.7 Å². The van der Waals surface area contributed by atoms with E-state index in [1.807, 2.05) is 6.07 Å². The third kappa shape index (κ3) is 2.35. The molecule has 1 aromatic carbocycles. The molecule has 2 aliphatic rings. The Morgan fingerprint density at radius 2 is 2.14 bits per heavy atom. The molecule has 5 heteroatoms. The predicted octanol–water partition coefficient (Wildman–Crippen LogP) is 2.43. The van der Waals surface area contributed by atoms with Crippen LogP contribution in [0.1, 0.15) is 25.1 Å². The molecular weight excluding hydrogens is 267 g/mol. The highest BCUT2D eigenvalue weighted by Gasteiger charge is 2.37. The van der Waals surface area contributed by atoms with Gasteiger partial charge in [-0.25, -0.2) is 14.1 Å². The van der Waals surface area contributed by atoms with Crippen molar-refractivity contribution in [3.63, 3.8) is 0 Å². The zero-order valence-electron chi connectivity index (χ0n) is 12.0. The fourth-order valence-corrected chi connectivity index (χ4v) is 3.80. The maximum atomic E-state index is 13.9. The van der Waals surface area contributed by atoms with Gasteiger partial charge in [-0.1, -0.05) is 12.1 Å². The van der Waals surface area contributed by atoms with Gasteiger partial charge in [0.1, 0.15) is 23.7 Å². The number of aromatic nitrogens is 3. The van der Waals surface area contributed by atoms with Crippen LogP contribution in [-0.4, -0.2) is 38.8 Å². The van der Waals surface area contributed by atoms with Crippen LogP contribution in [0.5, 0.6) is 0 Å². The van der Waals surface area contributed by atoms with Gasteiger partial charge >= 0.3 is 0 Å². The van der Waals surface area contributed by atoms with Crippen molar-refractivity contribution in [2.45, 2.75) is 31.7 Å². The minimum absolute atomic E-state index is 0.260. The van der Waals surface area contributed by atoms with Gasteiger partial charge in [0.2, 0.25) is 0 Å². The number of para-hydroxylation sites is 1. The summed E-state index contributed by atoms with van der Waals surface area (Å²) in [5.74, 6) is 1.48. The quantitative estimate of drug-likeness (QED) is 0.865. The van der Waals surface area contributed by atoms with E-state index in [1.54, 1.807) is 16.8 Å². The van der Waals surface area contributed by atoms with E-state index in [9.17, 15) is 4.39 Å². The number of piperidine rings is 1. The summed E-state index contributed by atoms with van der Waals surface area (Å²) in [4.78, 5) is 6.88. The van der Waals surface area contributed by atoms with E-state index in [4.69, 9.17) is 0 Å². The third-order valence-corrected chi connectivity index (χ3v) is 4.84. The monoisotopic (exact) mass is 286 g/mol. The van der Waals surface area contributed by atoms with E-state index in [-0.39, 0.29) is 5.82 Å². The van der Waals surface area contributed by atoms with E-state index in [2.05, 4.69) is 15.0 Å². The molecule has 0 radical (unpaired) electrons. The van der Waals surface area contributed by atoms with E-state index < -0.39 is 0 Å². The minimum Gasteiger partial charge on any atom is -0.300 e. The lowest BCUT2D eigenvalue weighted by Gasteiger charge is -2.26. The number of rotatable bonds is 4. The molecule has 1 saturated heterocycles. The lowest BCUT2D eigenvalue weighted by Crippen LogP contribution is -2.34. The molecular formula is C16H19FN4. The number of halogens is 1. The molecule has 1 aromatic heterocycles. The fourth-order valence-electron chi connectivity index (χ4n) is 3.80. The number of benzene rings is 1. The second kappa shape index (κ2) is 5.22. The largest absolute Gasteiger partial charge is 0.300 e. The Kier molecular flexibility index (Phi) is 3.22. The van der Waals surface area contributed by atoms with Crippen LogP contribution in [0.15, 0.2) is 30.6 Å². The molecule has 4 rings (SSSR count). The van der Waals surface area contributed by atoms with Crippen LogP contribution < -0.4 is 0 Å². The Labute approximate surface area is 123 Å². The van der Waals surface area contributed by atoms with Crippen molar-refractivity contribution >= 4 is 0 Å². The predicted molar refractivity (Wildman–Crippen MR) is 77.7 cm³/mol. The molecule has 110 valence electrons. The molecule has 2 aromatic rings. The number of nitrogens with zero attached hydrogens (tertiary/aromatic N) is 4. The van der Waals surface area contributed by atoms with Crippen molar-refractivity contribution in [2.24, 2.45) is 5.92 Å². The number of hydrogen-bond donors (Lipinski definition) is 0. The van der Waals surface area contributed by atoms with Gasteiger partial charge < -0.3 is 0 Å². The van der Waals surface area contributed by atoms with Gasteiger partial charge in [-0.3, -0.25) is 4.90 Å². The first-order valence-electron chi connectivity index (χ1n) is 7.69. The van der Waals surface area contributed by atoms with Gasteiger partial charge in [-0.05, 0) is 37.3 Å². The highest BCUT2D eigenvalue weighted by atomic mass is 19.1. The van der Waals surface area contributed by atoms with Gasteiger partial charge in [-0.15, -0.1) is 0 Å². The van der Waals surface area contributed by atoms with Crippen LogP contribution in [0.2, 0.25) is 0 Å². The maximum absolute atomic E-state index is 13.9. The van der Waals surface area contributed by atoms with Crippen LogP contribution in [0.25, 0.3) is 5.69 Å². The molecule has 0 unspecified atom stereocenters. The summed E-state index contributed by atoms with van der Waals surface area (Å²) in [7, 11) is 0. The second-order valence-corrected chi connectivity index (χ2v) is 6.12. The lowest BCUT2D eigenvalue weighted by atomic mass is 10.1. The van der Waals surface area contributed by atoms with E-state index in [1.165, 1.54) is 38.2 Å². The van der Waals surface area contributed by atoms with Gasteiger partial charge in [-0.2, -0.15) is 5.10 Å². The normalized spacial score (nSPS) is 24.8. The Hall–Kier alpha value is -1.75. The van der Waals surface area contributed by atoms with Crippen LogP contribution in [0.4, 0.5) is 4.39 Å². The van der Waals surface area contributed by atoms with Crippen molar-refractivity contribution in [2.75, 3.05) is 13.1 Å². The molecule has 0 N–H and O–H groups in total. The average Bonchev–Trinajstić information content (AvgIpc) is 3.22. The molecule has 1 saturated carbocycles. The summed E-state index contributed by atoms with van der Waals surface area (Å²) in [6.45, 7) is 2.22. The number of hydrogen-bond acceptors (Lipinski definition) is 3. The molecule has 2 fully saturated rings. The molecule has 2 atom stereocenters. The standard InChI is InChI=1S/C16H19FN4/c17-14-3-1-2-4-15(14)21-16(18-11-19-21)7-8-20-10-12-5-6-13(20)9-12/h1-4,11-13H,5-10H2/t12-,13+/m0/s1. The van der Waals surface area contributed by atoms with E-state index in [0.717, 1.165) is 30.7 Å². The van der Waals surface area contributed by atoms with Crippen LogP contribution in [0, 0.1) is 11.7 Å². The molecule has 0 amide bonds. The fraction of sp³-hybridized carbons (Fsp3) is 0.500. The smallest absolute Gasteiger partial charge is 0.148 e. The SMILES string of the molecule is Fc1ccccc1-n1ncnc1CCN1C[C@H]2CC[C@@H]1C2. The third-order valence-electron chi connectivity index (χ3n) is 4.84. The summed E-state index contributed by atoms with van der Waals surface area (Å²) in [6.07, 6.45) is 6.42. The Morgan fingerprint density at radius 3 is 2.90 bits per heavy atom. The lowest BCUT2D eigenvalue weighted by molar-refractivity contribution is 0.214. The Balaban J connectivity index is 1.49. The summed E-state index contributed by atoms with van der Waals surface area (Å²) in [6, 6.07) is 7.48. The van der Waals surface area contributed by atoms with Crippen molar-refractivity contribution in [3.8, 4) is 5.69 Å². The zero-order chi connectivity index (χ0) is 14.2. The van der Waals surface area contributed by atoms with Crippen LogP contribution in [0.3, 0.4) is 0 Å². The first kappa shape index (κ1) is 13.0. The topological polar surface area (TPSA) is 34.0 Å².